The number of aryl methyl sites for hydroxylation is 3. The Morgan fingerprint density at radius 3 is 2.68 bits per heavy atom. The van der Waals surface area contributed by atoms with Gasteiger partial charge in [0.05, 0.1) is 0 Å². The van der Waals surface area contributed by atoms with Gasteiger partial charge in [0.2, 0.25) is 0 Å². The molecule has 3 nitrogen and oxygen atoms in total. The molecule has 1 aromatic carbocycles. The minimum absolute atomic E-state index is 0.623. The number of nitrogens with one attached hydrogen (secondary N) is 2. The van der Waals surface area contributed by atoms with E-state index >= 15 is 0 Å². The smallest absolute Gasteiger partial charge is 0.0372 e. The van der Waals surface area contributed by atoms with Gasteiger partial charge in [-0.3, -0.25) is 0 Å². The maximum atomic E-state index is 3.59. The van der Waals surface area contributed by atoms with Crippen molar-refractivity contribution in [3.63, 3.8) is 0 Å². The molecule has 19 heavy (non-hydrogen) atoms. The predicted molar refractivity (Wildman–Crippen MR) is 83.0 cm³/mol. The highest BCUT2D eigenvalue weighted by molar-refractivity contribution is 5.54. The van der Waals surface area contributed by atoms with Crippen molar-refractivity contribution in [2.75, 3.05) is 38.5 Å². The minimum Gasteiger partial charge on any atom is -0.385 e. The van der Waals surface area contributed by atoms with Gasteiger partial charge in [0.25, 0.3) is 0 Å². The lowest BCUT2D eigenvalue weighted by Crippen LogP contribution is -2.49. The normalized spacial score (nSPS) is 20.5. The molecule has 1 aromatic rings. The summed E-state index contributed by atoms with van der Waals surface area (Å²) in [6, 6.07) is 5.16. The van der Waals surface area contributed by atoms with Crippen LogP contribution in [0.4, 0.5) is 5.69 Å². The van der Waals surface area contributed by atoms with E-state index in [1.165, 1.54) is 35.3 Å². The van der Waals surface area contributed by atoms with Crippen LogP contribution in [0.3, 0.4) is 0 Å². The van der Waals surface area contributed by atoms with E-state index in [-0.39, 0.29) is 0 Å². The summed E-state index contributed by atoms with van der Waals surface area (Å²) in [7, 11) is 2.20. The van der Waals surface area contributed by atoms with Crippen molar-refractivity contribution in [2.24, 2.45) is 0 Å². The molecule has 0 aromatic heterocycles. The molecule has 1 fully saturated rings. The van der Waals surface area contributed by atoms with Crippen LogP contribution in [0.2, 0.25) is 0 Å². The molecule has 2 N–H and O–H groups in total. The zero-order valence-electron chi connectivity index (χ0n) is 12.7. The Kier molecular flexibility index (Phi) is 4.83. The largest absolute Gasteiger partial charge is 0.385 e. The van der Waals surface area contributed by atoms with Crippen LogP contribution in [-0.4, -0.2) is 44.2 Å². The van der Waals surface area contributed by atoms with Gasteiger partial charge < -0.3 is 15.5 Å². The first kappa shape index (κ1) is 14.4. The van der Waals surface area contributed by atoms with Crippen LogP contribution < -0.4 is 10.6 Å². The highest BCUT2D eigenvalue weighted by Gasteiger charge is 2.15. The summed E-state index contributed by atoms with van der Waals surface area (Å²) in [6.45, 7) is 11.0. The number of benzene rings is 1. The number of hydrogen-bond acceptors (Lipinski definition) is 3. The Morgan fingerprint density at radius 2 is 1.95 bits per heavy atom. The molecule has 0 spiro atoms. The van der Waals surface area contributed by atoms with Gasteiger partial charge in [0.1, 0.15) is 0 Å². The molecule has 106 valence electrons. The zero-order chi connectivity index (χ0) is 13.8. The quantitative estimate of drug-likeness (QED) is 0.871. The molecule has 1 aliphatic heterocycles. The van der Waals surface area contributed by atoms with Crippen molar-refractivity contribution in [3.05, 3.63) is 28.8 Å². The van der Waals surface area contributed by atoms with Crippen LogP contribution >= 0.6 is 0 Å². The number of hydrogen-bond donors (Lipinski definition) is 2. The van der Waals surface area contributed by atoms with E-state index in [4.69, 9.17) is 0 Å². The van der Waals surface area contributed by atoms with Gasteiger partial charge in [-0.15, -0.1) is 0 Å². The molecule has 1 heterocycles. The molecule has 0 bridgehead atoms. The molecule has 2 rings (SSSR count). The third kappa shape index (κ3) is 3.95. The van der Waals surface area contributed by atoms with Gasteiger partial charge >= 0.3 is 0 Å². The SMILES string of the molecule is Cc1cc(C)c(NCCC2CN(C)CCN2)cc1C. The van der Waals surface area contributed by atoms with Crippen molar-refractivity contribution in [2.45, 2.75) is 33.2 Å². The van der Waals surface area contributed by atoms with E-state index in [0.29, 0.717) is 6.04 Å². The monoisotopic (exact) mass is 261 g/mol. The summed E-state index contributed by atoms with van der Waals surface area (Å²) >= 11 is 0. The second-order valence-corrected chi connectivity index (χ2v) is 5.88. The summed E-state index contributed by atoms with van der Waals surface area (Å²) in [6.07, 6.45) is 1.18. The number of anilines is 1. The van der Waals surface area contributed by atoms with Gasteiger partial charge in [-0.05, 0) is 57.0 Å². The molecule has 1 unspecified atom stereocenters. The Labute approximate surface area is 117 Å². The van der Waals surface area contributed by atoms with Crippen molar-refractivity contribution in [1.29, 1.82) is 0 Å². The maximum Gasteiger partial charge on any atom is 0.0372 e. The summed E-state index contributed by atoms with van der Waals surface area (Å²) in [5.74, 6) is 0. The van der Waals surface area contributed by atoms with Crippen molar-refractivity contribution < 1.29 is 0 Å². The molecule has 0 radical (unpaired) electrons. The van der Waals surface area contributed by atoms with E-state index in [1.807, 2.05) is 0 Å². The number of rotatable bonds is 4. The van der Waals surface area contributed by atoms with Gasteiger partial charge in [-0.25, -0.2) is 0 Å². The van der Waals surface area contributed by atoms with Crippen molar-refractivity contribution in [1.82, 2.24) is 10.2 Å². The number of piperazine rings is 1. The lowest BCUT2D eigenvalue weighted by molar-refractivity contribution is 0.234. The average molecular weight is 261 g/mol. The van der Waals surface area contributed by atoms with E-state index in [2.05, 4.69) is 55.5 Å². The molecule has 1 aliphatic rings. The highest BCUT2D eigenvalue weighted by atomic mass is 15.2. The molecular formula is C16H27N3. The fourth-order valence-corrected chi connectivity index (χ4v) is 2.72. The molecule has 3 heteroatoms. The molecule has 0 amide bonds. The van der Waals surface area contributed by atoms with Crippen molar-refractivity contribution >= 4 is 5.69 Å². The lowest BCUT2D eigenvalue weighted by atomic mass is 10.0. The topological polar surface area (TPSA) is 27.3 Å². The second-order valence-electron chi connectivity index (χ2n) is 5.88. The number of nitrogens with zero attached hydrogens (tertiary/aromatic N) is 1. The van der Waals surface area contributed by atoms with E-state index in [9.17, 15) is 0 Å². The van der Waals surface area contributed by atoms with Gasteiger partial charge in [-0.2, -0.15) is 0 Å². The Morgan fingerprint density at radius 1 is 1.21 bits per heavy atom. The third-order valence-electron chi connectivity index (χ3n) is 4.11. The van der Waals surface area contributed by atoms with Crippen LogP contribution in [0.1, 0.15) is 23.1 Å². The Balaban J connectivity index is 1.84. The number of likely N-dealkylation sites (N-methyl/N-ethyl adjacent to an activating group) is 1. The first-order valence-corrected chi connectivity index (χ1v) is 7.30. The molecule has 1 atom stereocenters. The van der Waals surface area contributed by atoms with Crippen LogP contribution in [0.25, 0.3) is 0 Å². The van der Waals surface area contributed by atoms with E-state index in [0.717, 1.165) is 19.6 Å². The van der Waals surface area contributed by atoms with E-state index < -0.39 is 0 Å². The zero-order valence-corrected chi connectivity index (χ0v) is 12.7. The first-order valence-electron chi connectivity index (χ1n) is 7.30. The molecule has 0 aliphatic carbocycles. The second kappa shape index (κ2) is 6.40. The standard InChI is InChI=1S/C16H27N3/c1-12-9-14(3)16(10-13(12)2)18-6-5-15-11-19(4)8-7-17-15/h9-10,15,17-18H,5-8,11H2,1-4H3. The summed E-state index contributed by atoms with van der Waals surface area (Å²) in [5, 5.41) is 7.17. The molecular weight excluding hydrogens is 234 g/mol. The highest BCUT2D eigenvalue weighted by Crippen LogP contribution is 2.20. The van der Waals surface area contributed by atoms with Crippen molar-refractivity contribution in [3.8, 4) is 0 Å². The molecule has 0 saturated carbocycles. The van der Waals surface area contributed by atoms with Crippen LogP contribution in [0, 0.1) is 20.8 Å². The summed E-state index contributed by atoms with van der Waals surface area (Å²) in [4.78, 5) is 2.41. The van der Waals surface area contributed by atoms with Gasteiger partial charge in [-0.1, -0.05) is 6.07 Å². The maximum absolute atomic E-state index is 3.59. The van der Waals surface area contributed by atoms with E-state index in [1.54, 1.807) is 0 Å². The molecule has 1 saturated heterocycles. The first-order chi connectivity index (χ1) is 9.06. The van der Waals surface area contributed by atoms with Crippen LogP contribution in [0.15, 0.2) is 12.1 Å². The predicted octanol–water partition coefficient (Wildman–Crippen LogP) is 2.32. The average Bonchev–Trinajstić information content (AvgIpc) is 2.35. The minimum atomic E-state index is 0.623. The van der Waals surface area contributed by atoms with Crippen LogP contribution in [0.5, 0.6) is 0 Å². The van der Waals surface area contributed by atoms with Gasteiger partial charge in [0, 0.05) is 37.9 Å². The summed E-state index contributed by atoms with van der Waals surface area (Å²) in [5.41, 5.74) is 5.37. The third-order valence-corrected chi connectivity index (χ3v) is 4.11. The fourth-order valence-electron chi connectivity index (χ4n) is 2.72. The Hall–Kier alpha value is -1.06. The fraction of sp³-hybridized carbons (Fsp3) is 0.625. The lowest BCUT2D eigenvalue weighted by Gasteiger charge is -2.31. The van der Waals surface area contributed by atoms with Crippen LogP contribution in [-0.2, 0) is 0 Å². The Bertz CT molecular complexity index is 428. The van der Waals surface area contributed by atoms with Gasteiger partial charge in [0.15, 0.2) is 0 Å². The summed E-state index contributed by atoms with van der Waals surface area (Å²) < 4.78 is 0.